The van der Waals surface area contributed by atoms with Crippen LogP contribution in [0.3, 0.4) is 0 Å². The Labute approximate surface area is 151 Å². The van der Waals surface area contributed by atoms with Gasteiger partial charge in [0.1, 0.15) is 0 Å². The molecule has 3 rings (SSSR count). The Balaban J connectivity index is 0.00000208. The number of nitrogens with zero attached hydrogens (tertiary/aromatic N) is 1. The monoisotopic (exact) mass is 380 g/mol. The van der Waals surface area contributed by atoms with Crippen LogP contribution in [-0.4, -0.2) is 56.2 Å². The molecule has 3 aliphatic rings. The van der Waals surface area contributed by atoms with Crippen LogP contribution in [-0.2, 0) is 19.6 Å². The first kappa shape index (κ1) is 19.9. The van der Waals surface area contributed by atoms with Gasteiger partial charge < -0.3 is 10.1 Å². The lowest BCUT2D eigenvalue weighted by molar-refractivity contribution is -0.146. The number of hydrogen-bond acceptors (Lipinski definition) is 5. The molecule has 2 heterocycles. The molecule has 0 aromatic heterocycles. The van der Waals surface area contributed by atoms with Crippen LogP contribution in [0.5, 0.6) is 0 Å². The molecule has 4 unspecified atom stereocenters. The second-order valence-electron chi connectivity index (χ2n) is 7.28. The molecule has 1 N–H and O–H groups in total. The molecule has 8 heteroatoms. The molecule has 6 nitrogen and oxygen atoms in total. The number of piperidine rings is 1. The lowest BCUT2D eigenvalue weighted by Crippen LogP contribution is -2.52. The van der Waals surface area contributed by atoms with Gasteiger partial charge in [0.2, 0.25) is 10.0 Å². The van der Waals surface area contributed by atoms with Gasteiger partial charge in [0.15, 0.2) is 0 Å². The maximum absolute atomic E-state index is 13.1. The summed E-state index contributed by atoms with van der Waals surface area (Å²) in [5.41, 5.74) is 0. The van der Waals surface area contributed by atoms with E-state index in [1.54, 1.807) is 11.4 Å². The van der Waals surface area contributed by atoms with Crippen LogP contribution in [0.1, 0.15) is 51.4 Å². The van der Waals surface area contributed by atoms with Crippen LogP contribution in [0.4, 0.5) is 0 Å². The fourth-order valence-corrected chi connectivity index (χ4v) is 6.76. The Morgan fingerprint density at radius 1 is 1.08 bits per heavy atom. The van der Waals surface area contributed by atoms with Crippen LogP contribution < -0.4 is 5.32 Å². The van der Waals surface area contributed by atoms with Crippen LogP contribution >= 0.6 is 12.4 Å². The van der Waals surface area contributed by atoms with Crippen molar-refractivity contribution in [1.82, 2.24) is 9.62 Å². The van der Waals surface area contributed by atoms with Gasteiger partial charge in [0, 0.05) is 25.2 Å². The zero-order valence-corrected chi connectivity index (χ0v) is 16.1. The number of carbonyl (C=O) groups is 1. The molecular formula is C16H29ClN2O4S. The molecule has 0 radical (unpaired) electrons. The molecule has 1 saturated carbocycles. The Morgan fingerprint density at radius 3 is 2.25 bits per heavy atom. The molecular weight excluding hydrogens is 352 g/mol. The number of sulfonamides is 1. The summed E-state index contributed by atoms with van der Waals surface area (Å²) in [5.74, 6) is -0.892. The van der Waals surface area contributed by atoms with E-state index in [0.717, 1.165) is 38.5 Å². The topological polar surface area (TPSA) is 75.7 Å². The average molecular weight is 381 g/mol. The van der Waals surface area contributed by atoms with Gasteiger partial charge in [-0.25, -0.2) is 12.7 Å². The number of hydrogen-bond donors (Lipinski definition) is 1. The third kappa shape index (κ3) is 3.74. The van der Waals surface area contributed by atoms with Crippen molar-refractivity contribution in [3.63, 3.8) is 0 Å². The summed E-state index contributed by atoms with van der Waals surface area (Å²) in [5, 5.41) is 2.92. The van der Waals surface area contributed by atoms with Crippen LogP contribution in [0.2, 0.25) is 0 Å². The first-order chi connectivity index (χ1) is 10.9. The van der Waals surface area contributed by atoms with Gasteiger partial charge in [0.25, 0.3) is 0 Å². The van der Waals surface area contributed by atoms with Gasteiger partial charge >= 0.3 is 5.97 Å². The molecule has 2 saturated heterocycles. The van der Waals surface area contributed by atoms with E-state index in [1.807, 2.05) is 0 Å². The first-order valence-electron chi connectivity index (χ1n) is 8.74. The van der Waals surface area contributed by atoms with Crippen LogP contribution in [0.25, 0.3) is 0 Å². The molecule has 140 valence electrons. The van der Waals surface area contributed by atoms with Crippen molar-refractivity contribution >= 4 is 28.4 Å². The highest BCUT2D eigenvalue weighted by atomic mass is 35.5. The number of halogens is 1. The molecule has 1 aliphatic carbocycles. The average Bonchev–Trinajstić information content (AvgIpc) is 2.91. The van der Waals surface area contributed by atoms with Gasteiger partial charge in [-0.15, -0.1) is 12.4 Å². The number of fused-ring (bicyclic) bond motifs is 2. The van der Waals surface area contributed by atoms with Gasteiger partial charge in [-0.1, -0.05) is 12.8 Å². The predicted molar refractivity (Wildman–Crippen MR) is 94.7 cm³/mol. The van der Waals surface area contributed by atoms with Gasteiger partial charge in [-0.3, -0.25) is 4.79 Å². The molecule has 0 aromatic rings. The number of esters is 1. The second kappa shape index (κ2) is 7.89. The molecule has 2 bridgehead atoms. The lowest BCUT2D eigenvalue weighted by Gasteiger charge is -2.38. The maximum Gasteiger partial charge on any atom is 0.310 e. The summed E-state index contributed by atoms with van der Waals surface area (Å²) in [6.45, 7) is 0. The van der Waals surface area contributed by atoms with Gasteiger partial charge in [-0.05, 0) is 38.5 Å². The summed E-state index contributed by atoms with van der Waals surface area (Å²) in [6, 6.07) is 0.942. The minimum absolute atomic E-state index is 0. The van der Waals surface area contributed by atoms with Crippen molar-refractivity contribution in [2.75, 3.05) is 14.2 Å². The number of ether oxygens (including phenoxy) is 1. The summed E-state index contributed by atoms with van der Waals surface area (Å²) in [7, 11) is -0.436. The standard InChI is InChI=1S/C16H28N2O4S.ClH/c1-18(13-9-11-7-8-12(10-13)17-11)23(20,21)15-6-4-3-5-14(15)16(19)22-2;/h11-15,17H,3-10H2,1-2H3;1H. The molecule has 4 atom stereocenters. The summed E-state index contributed by atoms with van der Waals surface area (Å²) in [6.07, 6.45) is 6.97. The van der Waals surface area contributed by atoms with Gasteiger partial charge in [0.05, 0.1) is 18.3 Å². The van der Waals surface area contributed by atoms with E-state index in [4.69, 9.17) is 4.74 Å². The zero-order valence-electron chi connectivity index (χ0n) is 14.4. The number of methoxy groups -OCH3 is 1. The van der Waals surface area contributed by atoms with E-state index >= 15 is 0 Å². The normalized spacial score (nSPS) is 36.2. The predicted octanol–water partition coefficient (Wildman–Crippen LogP) is 1.68. The lowest BCUT2D eigenvalue weighted by atomic mass is 9.89. The SMILES string of the molecule is COC(=O)C1CCCCC1S(=O)(=O)N(C)C1CC2CCC(C1)N2.Cl. The van der Waals surface area contributed by atoms with Crippen LogP contribution in [0.15, 0.2) is 0 Å². The van der Waals surface area contributed by atoms with Crippen LogP contribution in [0, 0.1) is 5.92 Å². The quantitative estimate of drug-likeness (QED) is 0.751. The van der Waals surface area contributed by atoms with Crippen molar-refractivity contribution in [2.24, 2.45) is 5.92 Å². The molecule has 0 amide bonds. The van der Waals surface area contributed by atoms with Gasteiger partial charge in [-0.2, -0.15) is 0 Å². The van der Waals surface area contributed by atoms with E-state index in [2.05, 4.69) is 5.32 Å². The zero-order chi connectivity index (χ0) is 16.6. The Morgan fingerprint density at radius 2 is 1.67 bits per heavy atom. The van der Waals surface area contributed by atoms with Crippen molar-refractivity contribution in [3.8, 4) is 0 Å². The fraction of sp³-hybridized carbons (Fsp3) is 0.938. The molecule has 0 spiro atoms. The Bertz CT molecular complexity index is 544. The highest BCUT2D eigenvalue weighted by Gasteiger charge is 2.45. The summed E-state index contributed by atoms with van der Waals surface area (Å²) >= 11 is 0. The maximum atomic E-state index is 13.1. The minimum atomic E-state index is -3.48. The number of carbonyl (C=O) groups excluding carboxylic acids is 1. The van der Waals surface area contributed by atoms with E-state index < -0.39 is 21.2 Å². The smallest absolute Gasteiger partial charge is 0.310 e. The second-order valence-corrected chi connectivity index (χ2v) is 9.49. The largest absolute Gasteiger partial charge is 0.469 e. The van der Waals surface area contributed by atoms with E-state index in [0.29, 0.717) is 24.9 Å². The minimum Gasteiger partial charge on any atom is -0.469 e. The Hall–Kier alpha value is -0.370. The van der Waals surface area contributed by atoms with E-state index in [9.17, 15) is 13.2 Å². The molecule has 2 aliphatic heterocycles. The van der Waals surface area contributed by atoms with E-state index in [-0.39, 0.29) is 24.4 Å². The van der Waals surface area contributed by atoms with Crippen molar-refractivity contribution in [2.45, 2.75) is 74.7 Å². The Kier molecular flexibility index (Phi) is 6.56. The fourth-order valence-electron chi connectivity index (χ4n) is 4.62. The summed E-state index contributed by atoms with van der Waals surface area (Å²) < 4.78 is 32.7. The number of rotatable bonds is 4. The highest BCUT2D eigenvalue weighted by molar-refractivity contribution is 7.89. The van der Waals surface area contributed by atoms with Crippen molar-refractivity contribution in [3.05, 3.63) is 0 Å². The first-order valence-corrected chi connectivity index (χ1v) is 10.2. The highest BCUT2D eigenvalue weighted by Crippen LogP contribution is 2.35. The third-order valence-electron chi connectivity index (χ3n) is 5.95. The third-order valence-corrected chi connectivity index (χ3v) is 8.38. The molecule has 24 heavy (non-hydrogen) atoms. The molecule has 3 fully saturated rings. The van der Waals surface area contributed by atoms with E-state index in [1.165, 1.54) is 7.11 Å². The number of nitrogens with one attached hydrogen (secondary N) is 1. The van der Waals surface area contributed by atoms with Crippen molar-refractivity contribution < 1.29 is 17.9 Å². The molecule has 0 aromatic carbocycles. The summed E-state index contributed by atoms with van der Waals surface area (Å²) in [4.78, 5) is 12.0. The van der Waals surface area contributed by atoms with Crippen molar-refractivity contribution in [1.29, 1.82) is 0 Å².